The summed E-state index contributed by atoms with van der Waals surface area (Å²) in [4.78, 5) is 57.8. The molecule has 0 spiro atoms. The molecule has 0 saturated carbocycles. The van der Waals surface area contributed by atoms with E-state index in [0.717, 1.165) is 0 Å². The number of rotatable bonds is 16. The highest BCUT2D eigenvalue weighted by Gasteiger charge is 2.44. The van der Waals surface area contributed by atoms with Gasteiger partial charge in [-0.3, -0.25) is 9.69 Å². The number of amides is 2. The third-order valence-corrected chi connectivity index (χ3v) is 8.86. The number of anilines is 1. The molecule has 1 saturated heterocycles. The standard InChI is InChI=1S/C43H66N2O14/c1-29-16-17-33(46)37-34(56-43(9,10)57-37)15-13-14-31-26-32(27-35(54-28-51-12)36(31)38(47)55-30(29)2)45(40(49)59-42(6,7)8)19-18-44(39(48)58-41(3,4)5)20-21-52-24-25-53-23-22-50-11/h13-14,16-17,26-27,29-30,34,37H,15,18-25,28H2,1-12H3/b14-13+,17-16-/t29-,30+,34+,37-/m1/s1. The number of esters is 1. The van der Waals surface area contributed by atoms with E-state index in [9.17, 15) is 19.2 Å². The summed E-state index contributed by atoms with van der Waals surface area (Å²) < 4.78 is 57.1. The molecular weight excluding hydrogens is 768 g/mol. The van der Waals surface area contributed by atoms with Crippen LogP contribution in [0.15, 0.2) is 30.4 Å². The Bertz CT molecular complexity index is 1610. The Morgan fingerprint density at radius 3 is 2.10 bits per heavy atom. The molecule has 59 heavy (non-hydrogen) atoms. The number of carbonyl (C=O) groups is 4. The van der Waals surface area contributed by atoms with Crippen molar-refractivity contribution in [1.29, 1.82) is 0 Å². The van der Waals surface area contributed by atoms with Gasteiger partial charge in [-0.2, -0.15) is 0 Å². The molecular formula is C43H66N2O14. The first kappa shape index (κ1) is 49.3. The fourth-order valence-electron chi connectivity index (χ4n) is 5.90. The number of nitrogens with zero attached hydrogens (tertiary/aromatic N) is 2. The lowest BCUT2D eigenvalue weighted by Gasteiger charge is -2.32. The number of ketones is 1. The highest BCUT2D eigenvalue weighted by atomic mass is 16.8. The number of fused-ring (bicyclic) bond motifs is 2. The van der Waals surface area contributed by atoms with Gasteiger partial charge in [0.05, 0.1) is 44.8 Å². The third kappa shape index (κ3) is 16.5. The maximum Gasteiger partial charge on any atom is 0.414 e. The van der Waals surface area contributed by atoms with Crippen LogP contribution < -0.4 is 9.64 Å². The molecule has 1 aromatic carbocycles. The second-order valence-corrected chi connectivity index (χ2v) is 16.7. The van der Waals surface area contributed by atoms with Crippen LogP contribution in [0, 0.1) is 5.92 Å². The zero-order chi connectivity index (χ0) is 44.0. The van der Waals surface area contributed by atoms with Gasteiger partial charge in [-0.05, 0) is 86.4 Å². The number of methoxy groups -OCH3 is 2. The lowest BCUT2D eigenvalue weighted by atomic mass is 9.99. The van der Waals surface area contributed by atoms with E-state index in [2.05, 4.69) is 0 Å². The molecule has 0 unspecified atom stereocenters. The summed E-state index contributed by atoms with van der Waals surface area (Å²) in [5, 5.41) is 0. The summed E-state index contributed by atoms with van der Waals surface area (Å²) in [6.07, 6.45) is 3.37. The zero-order valence-electron chi connectivity index (χ0n) is 37.0. The Kier molecular flexibility index (Phi) is 18.8. The van der Waals surface area contributed by atoms with E-state index in [-0.39, 0.29) is 68.2 Å². The van der Waals surface area contributed by atoms with Gasteiger partial charge in [-0.1, -0.05) is 25.2 Å². The molecule has 16 nitrogen and oxygen atoms in total. The summed E-state index contributed by atoms with van der Waals surface area (Å²) in [5.74, 6) is -2.24. The average molecular weight is 835 g/mol. The van der Waals surface area contributed by atoms with Gasteiger partial charge in [-0.15, -0.1) is 0 Å². The number of benzene rings is 1. The molecule has 16 heteroatoms. The number of hydrogen-bond donors (Lipinski definition) is 0. The molecule has 0 aromatic heterocycles. The van der Waals surface area contributed by atoms with Crippen molar-refractivity contribution in [3.05, 3.63) is 41.5 Å². The molecule has 0 radical (unpaired) electrons. The van der Waals surface area contributed by atoms with Crippen molar-refractivity contribution in [2.24, 2.45) is 5.92 Å². The third-order valence-electron chi connectivity index (χ3n) is 8.86. The smallest absolute Gasteiger partial charge is 0.414 e. The predicted octanol–water partition coefficient (Wildman–Crippen LogP) is 6.57. The molecule has 1 aromatic rings. The summed E-state index contributed by atoms with van der Waals surface area (Å²) in [5.41, 5.74) is -0.973. The highest BCUT2D eigenvalue weighted by Crippen LogP contribution is 2.35. The van der Waals surface area contributed by atoms with Crippen molar-refractivity contribution < 1.29 is 66.5 Å². The van der Waals surface area contributed by atoms with Crippen LogP contribution in [-0.2, 0) is 47.4 Å². The van der Waals surface area contributed by atoms with Crippen molar-refractivity contribution in [1.82, 2.24) is 4.90 Å². The van der Waals surface area contributed by atoms with Gasteiger partial charge in [0.25, 0.3) is 0 Å². The monoisotopic (exact) mass is 834 g/mol. The molecule has 1 fully saturated rings. The van der Waals surface area contributed by atoms with E-state index in [1.165, 1.54) is 29.1 Å². The summed E-state index contributed by atoms with van der Waals surface area (Å²) in [7, 11) is 3.03. The minimum atomic E-state index is -1.00. The topological polar surface area (TPSA) is 167 Å². The van der Waals surface area contributed by atoms with Crippen LogP contribution in [0.2, 0.25) is 0 Å². The van der Waals surface area contributed by atoms with Crippen LogP contribution in [0.1, 0.15) is 91.6 Å². The van der Waals surface area contributed by atoms with E-state index >= 15 is 0 Å². The van der Waals surface area contributed by atoms with E-state index in [1.807, 2.05) is 6.92 Å². The van der Waals surface area contributed by atoms with Crippen LogP contribution in [0.5, 0.6) is 5.75 Å². The Balaban J connectivity index is 2.10. The first-order chi connectivity index (χ1) is 27.6. The van der Waals surface area contributed by atoms with E-state index in [4.69, 9.17) is 47.4 Å². The van der Waals surface area contributed by atoms with Crippen LogP contribution >= 0.6 is 0 Å². The molecule has 2 aliphatic heterocycles. The molecule has 2 heterocycles. The summed E-state index contributed by atoms with van der Waals surface area (Å²) in [6.45, 7) is 19.2. The van der Waals surface area contributed by atoms with Crippen molar-refractivity contribution in [2.75, 3.05) is 78.6 Å². The Morgan fingerprint density at radius 2 is 1.46 bits per heavy atom. The van der Waals surface area contributed by atoms with Crippen molar-refractivity contribution in [3.8, 4) is 5.75 Å². The number of carbonyl (C=O) groups excluding carboxylic acids is 4. The van der Waals surface area contributed by atoms with Crippen LogP contribution in [0.4, 0.5) is 15.3 Å². The zero-order valence-corrected chi connectivity index (χ0v) is 37.0. The van der Waals surface area contributed by atoms with E-state index < -0.39 is 53.5 Å². The normalized spacial score (nSPS) is 22.0. The molecule has 0 N–H and O–H groups in total. The lowest BCUT2D eigenvalue weighted by molar-refractivity contribution is -0.152. The maximum atomic E-state index is 14.1. The van der Waals surface area contributed by atoms with Gasteiger partial charge in [0.1, 0.15) is 34.7 Å². The fraction of sp³-hybridized carbons (Fsp3) is 0.674. The van der Waals surface area contributed by atoms with E-state index in [1.54, 1.807) is 93.7 Å². The molecule has 0 bridgehead atoms. The highest BCUT2D eigenvalue weighted by molar-refractivity contribution is 5.99. The predicted molar refractivity (Wildman–Crippen MR) is 220 cm³/mol. The molecule has 0 aliphatic carbocycles. The van der Waals surface area contributed by atoms with E-state index in [0.29, 0.717) is 32.0 Å². The fourth-order valence-corrected chi connectivity index (χ4v) is 5.90. The Labute approximate surface area is 349 Å². The van der Waals surface area contributed by atoms with Gasteiger partial charge < -0.3 is 52.3 Å². The summed E-state index contributed by atoms with van der Waals surface area (Å²) >= 11 is 0. The Hall–Kier alpha value is -4.06. The van der Waals surface area contributed by atoms with Gasteiger partial charge in [0.15, 0.2) is 18.4 Å². The molecule has 4 atom stereocenters. The molecule has 2 aliphatic rings. The van der Waals surface area contributed by atoms with Gasteiger partial charge in [0.2, 0.25) is 0 Å². The quantitative estimate of drug-likeness (QED) is 0.0759. The number of cyclic esters (lactones) is 1. The molecule has 2 amide bonds. The van der Waals surface area contributed by atoms with Crippen LogP contribution in [0.3, 0.4) is 0 Å². The van der Waals surface area contributed by atoms with Gasteiger partial charge in [-0.25, -0.2) is 14.4 Å². The summed E-state index contributed by atoms with van der Waals surface area (Å²) in [6, 6.07) is 3.17. The molecule has 3 rings (SSSR count). The first-order valence-corrected chi connectivity index (χ1v) is 20.0. The molecule has 332 valence electrons. The maximum absolute atomic E-state index is 14.1. The number of hydrogen-bond acceptors (Lipinski definition) is 14. The number of ether oxygens (including phenoxy) is 10. The minimum Gasteiger partial charge on any atom is -0.467 e. The minimum absolute atomic E-state index is 0.0121. The average Bonchev–Trinajstić information content (AvgIpc) is 3.44. The second-order valence-electron chi connectivity index (χ2n) is 16.7. The van der Waals surface area contributed by atoms with Crippen molar-refractivity contribution >= 4 is 35.7 Å². The van der Waals surface area contributed by atoms with Gasteiger partial charge >= 0.3 is 18.2 Å². The van der Waals surface area contributed by atoms with Crippen LogP contribution in [-0.4, -0.2) is 138 Å². The Morgan fingerprint density at radius 1 is 0.814 bits per heavy atom. The second kappa shape index (κ2) is 22.5. The van der Waals surface area contributed by atoms with Crippen molar-refractivity contribution in [2.45, 2.75) is 111 Å². The largest absolute Gasteiger partial charge is 0.467 e. The first-order valence-electron chi connectivity index (χ1n) is 20.0. The van der Waals surface area contributed by atoms with Gasteiger partial charge in [0, 0.05) is 45.8 Å². The van der Waals surface area contributed by atoms with Crippen molar-refractivity contribution in [3.63, 3.8) is 0 Å². The SMILES string of the molecule is COCCOCCOCCN(CCN(C(=O)OC(C)(C)C)c1cc2c(c(OCOC)c1)C(=O)O[C@@H](C)[C@H](C)/C=C\C(=O)[C@H]1OC(C)(C)O[C@H]1C/C=C/2)C(=O)OC(C)(C)C. The van der Waals surface area contributed by atoms with Crippen LogP contribution in [0.25, 0.3) is 6.08 Å². The lowest BCUT2D eigenvalue weighted by Crippen LogP contribution is -2.45.